The summed E-state index contributed by atoms with van der Waals surface area (Å²) >= 11 is 1.21. The third-order valence-corrected chi connectivity index (χ3v) is 4.20. The van der Waals surface area contributed by atoms with Crippen LogP contribution in [-0.4, -0.2) is 11.8 Å². The molecule has 116 valence electrons. The van der Waals surface area contributed by atoms with Gasteiger partial charge < -0.3 is 15.1 Å². The highest BCUT2D eigenvalue weighted by molar-refractivity contribution is 7.18. The molecular weight excluding hydrogens is 312 g/mol. The molecule has 0 saturated heterocycles. The first-order valence-electron chi connectivity index (χ1n) is 6.95. The van der Waals surface area contributed by atoms with E-state index in [-0.39, 0.29) is 17.6 Å². The van der Waals surface area contributed by atoms with Crippen molar-refractivity contribution in [2.45, 2.75) is 6.92 Å². The van der Waals surface area contributed by atoms with Crippen LogP contribution in [0, 0.1) is 6.92 Å². The van der Waals surface area contributed by atoms with Crippen LogP contribution in [0.2, 0.25) is 0 Å². The molecular formula is C17H14N2O3S. The van der Waals surface area contributed by atoms with Gasteiger partial charge >= 0.3 is 0 Å². The lowest BCUT2D eigenvalue weighted by Gasteiger charge is -2.06. The second kappa shape index (κ2) is 6.50. The Morgan fingerprint density at radius 3 is 2.52 bits per heavy atom. The zero-order chi connectivity index (χ0) is 16.2. The van der Waals surface area contributed by atoms with Crippen molar-refractivity contribution in [3.05, 3.63) is 71.0 Å². The molecule has 0 radical (unpaired) electrons. The van der Waals surface area contributed by atoms with Crippen LogP contribution in [0.25, 0.3) is 0 Å². The zero-order valence-corrected chi connectivity index (χ0v) is 13.1. The molecule has 0 fully saturated rings. The second-order valence-corrected chi connectivity index (χ2v) is 5.95. The first-order chi connectivity index (χ1) is 11.1. The molecule has 5 nitrogen and oxygen atoms in total. The van der Waals surface area contributed by atoms with Gasteiger partial charge in [0.05, 0.1) is 16.1 Å². The third kappa shape index (κ3) is 3.49. The van der Waals surface area contributed by atoms with Gasteiger partial charge in [-0.3, -0.25) is 9.59 Å². The van der Waals surface area contributed by atoms with Crippen molar-refractivity contribution in [1.29, 1.82) is 0 Å². The fourth-order valence-electron chi connectivity index (χ4n) is 2.01. The number of carbonyl (C=O) groups excluding carboxylic acids is 2. The summed E-state index contributed by atoms with van der Waals surface area (Å²) in [6.45, 7) is 1.93. The molecule has 0 aliphatic heterocycles. The highest BCUT2D eigenvalue weighted by Crippen LogP contribution is 2.24. The molecule has 0 bridgehead atoms. The van der Waals surface area contributed by atoms with Crippen molar-refractivity contribution in [3.8, 4) is 0 Å². The van der Waals surface area contributed by atoms with Gasteiger partial charge in [0.25, 0.3) is 11.8 Å². The third-order valence-electron chi connectivity index (χ3n) is 3.20. The Hall–Kier alpha value is -2.86. The van der Waals surface area contributed by atoms with E-state index in [1.54, 1.807) is 24.3 Å². The smallest absolute Gasteiger partial charge is 0.291 e. The van der Waals surface area contributed by atoms with Gasteiger partial charge in [-0.2, -0.15) is 0 Å². The van der Waals surface area contributed by atoms with Crippen molar-refractivity contribution < 1.29 is 14.0 Å². The van der Waals surface area contributed by atoms with Gasteiger partial charge in [0.15, 0.2) is 5.76 Å². The molecule has 3 aromatic rings. The molecule has 0 atom stereocenters. The van der Waals surface area contributed by atoms with Gasteiger partial charge in [0.2, 0.25) is 0 Å². The number of amides is 2. The number of thiophene rings is 1. The Kier molecular flexibility index (Phi) is 4.25. The van der Waals surface area contributed by atoms with Crippen LogP contribution in [0.4, 0.5) is 10.7 Å². The summed E-state index contributed by atoms with van der Waals surface area (Å²) < 4.78 is 5.03. The molecule has 0 saturated carbocycles. The Bertz CT molecular complexity index is 837. The van der Waals surface area contributed by atoms with Crippen molar-refractivity contribution in [2.24, 2.45) is 0 Å². The van der Waals surface area contributed by atoms with E-state index in [4.69, 9.17) is 4.42 Å². The lowest BCUT2D eigenvalue weighted by atomic mass is 10.2. The minimum absolute atomic E-state index is 0.206. The van der Waals surface area contributed by atoms with E-state index < -0.39 is 0 Å². The molecule has 6 heteroatoms. The molecule has 3 rings (SSSR count). The SMILES string of the molecule is Cc1ccccc1NC(=O)c1ccc(NC(=O)c2ccco2)s1. The fourth-order valence-corrected chi connectivity index (χ4v) is 2.80. The number of hydrogen-bond acceptors (Lipinski definition) is 4. The Morgan fingerprint density at radius 1 is 0.957 bits per heavy atom. The van der Waals surface area contributed by atoms with Gasteiger partial charge in [0, 0.05) is 5.69 Å². The van der Waals surface area contributed by atoms with Crippen LogP contribution < -0.4 is 10.6 Å². The first kappa shape index (κ1) is 15.1. The summed E-state index contributed by atoms with van der Waals surface area (Å²) in [6, 6.07) is 14.2. The molecule has 2 amide bonds. The maximum absolute atomic E-state index is 12.3. The number of hydrogen-bond donors (Lipinski definition) is 2. The monoisotopic (exact) mass is 326 g/mol. The predicted molar refractivity (Wildman–Crippen MR) is 90.1 cm³/mol. The molecule has 1 aromatic carbocycles. The number of benzene rings is 1. The topological polar surface area (TPSA) is 71.3 Å². The minimum Gasteiger partial charge on any atom is -0.459 e. The fraction of sp³-hybridized carbons (Fsp3) is 0.0588. The molecule has 2 aromatic heterocycles. The van der Waals surface area contributed by atoms with Crippen LogP contribution in [-0.2, 0) is 0 Å². The Morgan fingerprint density at radius 2 is 1.78 bits per heavy atom. The van der Waals surface area contributed by atoms with E-state index in [1.807, 2.05) is 31.2 Å². The van der Waals surface area contributed by atoms with Gasteiger partial charge in [-0.25, -0.2) is 0 Å². The normalized spacial score (nSPS) is 10.3. The second-order valence-electron chi connectivity index (χ2n) is 4.86. The standard InChI is InChI=1S/C17H14N2O3S/c1-11-5-2-3-6-12(11)18-17(21)14-8-9-15(23-14)19-16(20)13-7-4-10-22-13/h2-10H,1H3,(H,18,21)(H,19,20). The summed E-state index contributed by atoms with van der Waals surface area (Å²) in [5, 5.41) is 6.15. The van der Waals surface area contributed by atoms with E-state index >= 15 is 0 Å². The lowest BCUT2D eigenvalue weighted by molar-refractivity contribution is 0.0995. The van der Waals surface area contributed by atoms with E-state index in [9.17, 15) is 9.59 Å². The average Bonchev–Trinajstić information content (AvgIpc) is 3.20. The van der Waals surface area contributed by atoms with Gasteiger partial charge in [-0.15, -0.1) is 11.3 Å². The molecule has 0 unspecified atom stereocenters. The van der Waals surface area contributed by atoms with Crippen molar-refractivity contribution in [1.82, 2.24) is 0 Å². The quantitative estimate of drug-likeness (QED) is 0.756. The number of nitrogens with one attached hydrogen (secondary N) is 2. The lowest BCUT2D eigenvalue weighted by Crippen LogP contribution is -2.11. The summed E-state index contributed by atoms with van der Waals surface area (Å²) in [4.78, 5) is 24.7. The predicted octanol–water partition coefficient (Wildman–Crippen LogP) is 4.15. The number of aryl methyl sites for hydroxylation is 1. The number of rotatable bonds is 4. The van der Waals surface area contributed by atoms with Gasteiger partial charge in [-0.05, 0) is 42.8 Å². The van der Waals surface area contributed by atoms with Gasteiger partial charge in [0.1, 0.15) is 0 Å². The first-order valence-corrected chi connectivity index (χ1v) is 7.77. The number of furan rings is 1. The van der Waals surface area contributed by atoms with Crippen LogP contribution in [0.1, 0.15) is 25.8 Å². The summed E-state index contributed by atoms with van der Waals surface area (Å²) in [5.41, 5.74) is 1.76. The van der Waals surface area contributed by atoms with Crippen LogP contribution in [0.3, 0.4) is 0 Å². The van der Waals surface area contributed by atoms with E-state index in [0.717, 1.165) is 11.3 Å². The average molecular weight is 326 g/mol. The van der Waals surface area contributed by atoms with Gasteiger partial charge in [-0.1, -0.05) is 18.2 Å². The highest BCUT2D eigenvalue weighted by Gasteiger charge is 2.14. The largest absolute Gasteiger partial charge is 0.459 e. The number of carbonyl (C=O) groups is 2. The molecule has 0 aliphatic rings. The van der Waals surface area contributed by atoms with Crippen LogP contribution in [0.15, 0.2) is 59.2 Å². The molecule has 0 spiro atoms. The Balaban J connectivity index is 1.68. The highest BCUT2D eigenvalue weighted by atomic mass is 32.1. The molecule has 0 aliphatic carbocycles. The summed E-state index contributed by atoms with van der Waals surface area (Å²) in [6.07, 6.45) is 1.43. The van der Waals surface area contributed by atoms with Crippen LogP contribution in [0.5, 0.6) is 0 Å². The van der Waals surface area contributed by atoms with E-state index in [0.29, 0.717) is 9.88 Å². The van der Waals surface area contributed by atoms with E-state index in [2.05, 4.69) is 10.6 Å². The number of anilines is 2. The summed E-state index contributed by atoms with van der Waals surface area (Å²) in [7, 11) is 0. The van der Waals surface area contributed by atoms with Crippen molar-refractivity contribution in [3.63, 3.8) is 0 Å². The minimum atomic E-state index is -0.345. The number of para-hydroxylation sites is 1. The molecule has 2 N–H and O–H groups in total. The van der Waals surface area contributed by atoms with Crippen molar-refractivity contribution >= 4 is 33.8 Å². The summed E-state index contributed by atoms with van der Waals surface area (Å²) in [5.74, 6) is -0.324. The maximum atomic E-state index is 12.3. The molecule has 2 heterocycles. The Labute approximate surface area is 136 Å². The zero-order valence-electron chi connectivity index (χ0n) is 12.3. The maximum Gasteiger partial charge on any atom is 0.291 e. The van der Waals surface area contributed by atoms with Crippen molar-refractivity contribution in [2.75, 3.05) is 10.6 Å². The molecule has 23 heavy (non-hydrogen) atoms. The van der Waals surface area contributed by atoms with E-state index in [1.165, 1.54) is 17.6 Å². The van der Waals surface area contributed by atoms with Crippen LogP contribution >= 0.6 is 11.3 Å².